The lowest BCUT2D eigenvalue weighted by Crippen LogP contribution is -2.25. The summed E-state index contributed by atoms with van der Waals surface area (Å²) in [5.41, 5.74) is 0.624. The van der Waals surface area contributed by atoms with Crippen molar-refractivity contribution in [2.45, 2.75) is 13.1 Å². The number of aliphatic hydroxyl groups is 1. The standard InChI is InChI=1S/C12H16ClN5O3/c1-21-5-3-17-8-9(6-14-17)16-10-7-15-18(2-4-19)12(20)11(10)13/h6-8,16,19H,2-5H2,1H3. The Morgan fingerprint density at radius 2 is 2.19 bits per heavy atom. The molecule has 9 heteroatoms. The fourth-order valence-electron chi connectivity index (χ4n) is 1.70. The molecular weight excluding hydrogens is 298 g/mol. The van der Waals surface area contributed by atoms with Crippen LogP contribution in [0.4, 0.5) is 11.4 Å². The van der Waals surface area contributed by atoms with Crippen LogP contribution in [0.2, 0.25) is 5.02 Å². The van der Waals surface area contributed by atoms with E-state index >= 15 is 0 Å². The second-order valence-corrected chi connectivity index (χ2v) is 4.61. The molecule has 2 aromatic heterocycles. The summed E-state index contributed by atoms with van der Waals surface area (Å²) in [6.07, 6.45) is 4.83. The normalized spacial score (nSPS) is 10.8. The summed E-state index contributed by atoms with van der Waals surface area (Å²) in [6.45, 7) is 1.11. The summed E-state index contributed by atoms with van der Waals surface area (Å²) >= 11 is 6.01. The van der Waals surface area contributed by atoms with E-state index in [1.165, 1.54) is 6.20 Å². The molecule has 0 aliphatic rings. The lowest BCUT2D eigenvalue weighted by Gasteiger charge is -2.08. The molecule has 0 aliphatic heterocycles. The third-order valence-electron chi connectivity index (χ3n) is 2.73. The number of rotatable bonds is 7. The molecule has 21 heavy (non-hydrogen) atoms. The Kier molecular flexibility index (Phi) is 5.32. The summed E-state index contributed by atoms with van der Waals surface area (Å²) in [5.74, 6) is 0. The zero-order valence-corrected chi connectivity index (χ0v) is 12.2. The Morgan fingerprint density at radius 3 is 2.90 bits per heavy atom. The lowest BCUT2D eigenvalue weighted by atomic mass is 10.4. The zero-order chi connectivity index (χ0) is 15.2. The topological polar surface area (TPSA) is 94.2 Å². The molecule has 0 fully saturated rings. The van der Waals surface area contributed by atoms with Crippen LogP contribution in [-0.2, 0) is 17.8 Å². The predicted molar refractivity (Wildman–Crippen MR) is 78.0 cm³/mol. The van der Waals surface area contributed by atoms with Gasteiger partial charge in [-0.3, -0.25) is 9.48 Å². The molecule has 0 radical (unpaired) electrons. The first kappa shape index (κ1) is 15.5. The first-order valence-electron chi connectivity index (χ1n) is 6.30. The lowest BCUT2D eigenvalue weighted by molar-refractivity contribution is 0.183. The number of ether oxygens (including phenoxy) is 1. The number of methoxy groups -OCH3 is 1. The Labute approximate surface area is 125 Å². The van der Waals surface area contributed by atoms with Crippen molar-refractivity contribution in [3.63, 3.8) is 0 Å². The fraction of sp³-hybridized carbons (Fsp3) is 0.417. The SMILES string of the molecule is COCCn1cc(Nc2cnn(CCO)c(=O)c2Cl)cn1. The van der Waals surface area contributed by atoms with E-state index in [0.717, 1.165) is 4.68 Å². The first-order valence-corrected chi connectivity index (χ1v) is 6.68. The average molecular weight is 314 g/mol. The third-order valence-corrected chi connectivity index (χ3v) is 3.10. The number of nitrogens with zero attached hydrogens (tertiary/aromatic N) is 4. The van der Waals surface area contributed by atoms with Crippen LogP contribution in [0.3, 0.4) is 0 Å². The van der Waals surface area contributed by atoms with Crippen LogP contribution >= 0.6 is 11.6 Å². The van der Waals surface area contributed by atoms with E-state index in [4.69, 9.17) is 21.4 Å². The van der Waals surface area contributed by atoms with Crippen LogP contribution in [0.5, 0.6) is 0 Å². The van der Waals surface area contributed by atoms with Gasteiger partial charge in [0.15, 0.2) is 0 Å². The van der Waals surface area contributed by atoms with Gasteiger partial charge in [0, 0.05) is 13.3 Å². The summed E-state index contributed by atoms with van der Waals surface area (Å²) in [7, 11) is 1.62. The van der Waals surface area contributed by atoms with E-state index in [0.29, 0.717) is 24.5 Å². The molecule has 0 saturated carbocycles. The van der Waals surface area contributed by atoms with Gasteiger partial charge in [0.2, 0.25) is 0 Å². The average Bonchev–Trinajstić information content (AvgIpc) is 2.92. The zero-order valence-electron chi connectivity index (χ0n) is 11.5. The Balaban J connectivity index is 2.14. The Morgan fingerprint density at radius 1 is 1.38 bits per heavy atom. The monoisotopic (exact) mass is 313 g/mol. The summed E-state index contributed by atoms with van der Waals surface area (Å²) in [4.78, 5) is 11.9. The van der Waals surface area contributed by atoms with Crippen LogP contribution in [-0.4, -0.2) is 45.0 Å². The molecule has 0 unspecified atom stereocenters. The van der Waals surface area contributed by atoms with Crippen molar-refractivity contribution >= 4 is 23.0 Å². The molecule has 2 N–H and O–H groups in total. The number of hydrogen-bond donors (Lipinski definition) is 2. The predicted octanol–water partition coefficient (Wildman–Crippen LogP) is 0.476. The molecule has 114 valence electrons. The molecule has 0 saturated heterocycles. The minimum Gasteiger partial charge on any atom is -0.394 e. The van der Waals surface area contributed by atoms with Crippen molar-refractivity contribution in [1.29, 1.82) is 0 Å². The van der Waals surface area contributed by atoms with Crippen molar-refractivity contribution in [2.75, 3.05) is 25.6 Å². The van der Waals surface area contributed by atoms with E-state index in [1.54, 1.807) is 24.2 Å². The molecule has 0 aromatic carbocycles. The molecule has 0 bridgehead atoms. The quantitative estimate of drug-likeness (QED) is 0.772. The minimum atomic E-state index is -0.456. The number of aromatic nitrogens is 4. The molecule has 0 amide bonds. The smallest absolute Gasteiger partial charge is 0.287 e. The Bertz CT molecular complexity index is 655. The van der Waals surface area contributed by atoms with E-state index in [1.807, 2.05) is 0 Å². The largest absolute Gasteiger partial charge is 0.394 e. The molecule has 2 heterocycles. The molecular formula is C12H16ClN5O3. The van der Waals surface area contributed by atoms with Gasteiger partial charge in [0.1, 0.15) is 5.02 Å². The van der Waals surface area contributed by atoms with Gasteiger partial charge in [-0.1, -0.05) is 11.6 Å². The summed E-state index contributed by atoms with van der Waals surface area (Å²) in [6, 6.07) is 0. The molecule has 8 nitrogen and oxygen atoms in total. The number of aliphatic hydroxyl groups excluding tert-OH is 1. The van der Waals surface area contributed by atoms with Gasteiger partial charge >= 0.3 is 0 Å². The second kappa shape index (κ2) is 7.21. The highest BCUT2D eigenvalue weighted by atomic mass is 35.5. The highest BCUT2D eigenvalue weighted by Crippen LogP contribution is 2.20. The van der Waals surface area contributed by atoms with Crippen LogP contribution in [0.25, 0.3) is 0 Å². The fourth-order valence-corrected chi connectivity index (χ4v) is 1.89. The summed E-state index contributed by atoms with van der Waals surface area (Å²) < 4.78 is 7.78. The van der Waals surface area contributed by atoms with Gasteiger partial charge in [0.05, 0.1) is 50.1 Å². The van der Waals surface area contributed by atoms with Crippen molar-refractivity contribution in [2.24, 2.45) is 0 Å². The van der Waals surface area contributed by atoms with E-state index < -0.39 is 5.56 Å². The van der Waals surface area contributed by atoms with Crippen molar-refractivity contribution < 1.29 is 9.84 Å². The van der Waals surface area contributed by atoms with Crippen LogP contribution in [0, 0.1) is 0 Å². The van der Waals surface area contributed by atoms with Gasteiger partial charge in [-0.2, -0.15) is 10.2 Å². The molecule has 0 spiro atoms. The van der Waals surface area contributed by atoms with Gasteiger partial charge in [0.25, 0.3) is 5.56 Å². The van der Waals surface area contributed by atoms with Crippen LogP contribution < -0.4 is 10.9 Å². The highest BCUT2D eigenvalue weighted by molar-refractivity contribution is 6.33. The molecule has 2 aromatic rings. The second-order valence-electron chi connectivity index (χ2n) is 4.23. The summed E-state index contributed by atoms with van der Waals surface area (Å²) in [5, 5.41) is 19.9. The van der Waals surface area contributed by atoms with Crippen LogP contribution in [0.1, 0.15) is 0 Å². The van der Waals surface area contributed by atoms with E-state index in [-0.39, 0.29) is 18.2 Å². The number of hydrogen-bond acceptors (Lipinski definition) is 6. The Hall–Kier alpha value is -1.90. The van der Waals surface area contributed by atoms with Gasteiger partial charge in [-0.25, -0.2) is 4.68 Å². The highest BCUT2D eigenvalue weighted by Gasteiger charge is 2.10. The molecule has 0 atom stereocenters. The maximum atomic E-state index is 11.9. The first-order chi connectivity index (χ1) is 10.2. The number of nitrogens with one attached hydrogen (secondary N) is 1. The van der Waals surface area contributed by atoms with Gasteiger partial charge in [-0.05, 0) is 0 Å². The van der Waals surface area contributed by atoms with Crippen molar-refractivity contribution in [3.8, 4) is 0 Å². The van der Waals surface area contributed by atoms with E-state index in [2.05, 4.69) is 15.5 Å². The minimum absolute atomic E-state index is 0.0168. The van der Waals surface area contributed by atoms with Crippen molar-refractivity contribution in [1.82, 2.24) is 19.6 Å². The van der Waals surface area contributed by atoms with Gasteiger partial charge in [-0.15, -0.1) is 0 Å². The molecule has 2 rings (SSSR count). The number of anilines is 2. The van der Waals surface area contributed by atoms with Crippen molar-refractivity contribution in [3.05, 3.63) is 34.0 Å². The van der Waals surface area contributed by atoms with Crippen LogP contribution in [0.15, 0.2) is 23.4 Å². The molecule has 0 aliphatic carbocycles. The van der Waals surface area contributed by atoms with E-state index in [9.17, 15) is 4.79 Å². The maximum Gasteiger partial charge on any atom is 0.287 e. The maximum absolute atomic E-state index is 11.9. The van der Waals surface area contributed by atoms with Gasteiger partial charge < -0.3 is 15.2 Å². The third kappa shape index (κ3) is 3.81. The number of halogens is 1.